The zero-order chi connectivity index (χ0) is 20.1. The van der Waals surface area contributed by atoms with Crippen LogP contribution in [-0.4, -0.2) is 49.9 Å². The second-order valence-corrected chi connectivity index (χ2v) is 8.72. The maximum absolute atomic E-state index is 13.6. The minimum Gasteiger partial charge on any atom is -0.348 e. The molecule has 148 valence electrons. The molecule has 0 aromatic heterocycles. The van der Waals surface area contributed by atoms with Gasteiger partial charge in [-0.3, -0.25) is 4.79 Å². The van der Waals surface area contributed by atoms with E-state index in [0.29, 0.717) is 16.8 Å². The molecular formula is C19H20FN3O4S. The molecule has 0 spiro atoms. The van der Waals surface area contributed by atoms with E-state index in [1.54, 1.807) is 42.5 Å². The van der Waals surface area contributed by atoms with Crippen LogP contribution in [0, 0.1) is 5.82 Å². The third-order valence-corrected chi connectivity index (χ3v) is 6.04. The quantitative estimate of drug-likeness (QED) is 0.814. The first-order chi connectivity index (χ1) is 13.3. The first-order valence-corrected chi connectivity index (χ1v) is 10.5. The van der Waals surface area contributed by atoms with Gasteiger partial charge in [-0.05, 0) is 30.3 Å². The van der Waals surface area contributed by atoms with Gasteiger partial charge in [-0.15, -0.1) is 0 Å². The van der Waals surface area contributed by atoms with Gasteiger partial charge >= 0.3 is 6.03 Å². The normalized spacial score (nSPS) is 15.7. The SMILES string of the molecule is O=C(NCc1ccccc1F)c1ccc(NC(=O)N2CCS(=O)(=O)CC2)cc1. The van der Waals surface area contributed by atoms with Gasteiger partial charge in [-0.1, -0.05) is 18.2 Å². The lowest BCUT2D eigenvalue weighted by Gasteiger charge is -2.26. The average molecular weight is 405 g/mol. The number of carbonyl (C=O) groups is 2. The maximum atomic E-state index is 13.6. The summed E-state index contributed by atoms with van der Waals surface area (Å²) in [5, 5.41) is 5.33. The molecule has 3 amide bonds. The molecular weight excluding hydrogens is 385 g/mol. The second-order valence-electron chi connectivity index (χ2n) is 6.42. The van der Waals surface area contributed by atoms with Gasteiger partial charge in [-0.25, -0.2) is 17.6 Å². The van der Waals surface area contributed by atoms with Gasteiger partial charge in [0.15, 0.2) is 9.84 Å². The number of anilines is 1. The van der Waals surface area contributed by atoms with Crippen LogP contribution in [0.5, 0.6) is 0 Å². The fraction of sp³-hybridized carbons (Fsp3) is 0.263. The summed E-state index contributed by atoms with van der Waals surface area (Å²) < 4.78 is 36.4. The monoisotopic (exact) mass is 405 g/mol. The molecule has 1 fully saturated rings. The van der Waals surface area contributed by atoms with Crippen molar-refractivity contribution in [1.82, 2.24) is 10.2 Å². The van der Waals surface area contributed by atoms with Crippen molar-refractivity contribution < 1.29 is 22.4 Å². The molecule has 1 aliphatic heterocycles. The van der Waals surface area contributed by atoms with Crippen LogP contribution >= 0.6 is 0 Å². The Morgan fingerprint density at radius 1 is 1.00 bits per heavy atom. The molecule has 28 heavy (non-hydrogen) atoms. The molecule has 0 bridgehead atoms. The van der Waals surface area contributed by atoms with E-state index < -0.39 is 9.84 Å². The average Bonchev–Trinajstić information content (AvgIpc) is 2.67. The van der Waals surface area contributed by atoms with Gasteiger partial charge in [0.05, 0.1) is 11.5 Å². The highest BCUT2D eigenvalue weighted by Crippen LogP contribution is 2.13. The summed E-state index contributed by atoms with van der Waals surface area (Å²) >= 11 is 0. The van der Waals surface area contributed by atoms with E-state index in [2.05, 4.69) is 10.6 Å². The maximum Gasteiger partial charge on any atom is 0.321 e. The number of hydrogen-bond donors (Lipinski definition) is 2. The van der Waals surface area contributed by atoms with Crippen molar-refractivity contribution in [1.29, 1.82) is 0 Å². The summed E-state index contributed by atoms with van der Waals surface area (Å²) in [6.45, 7) is 0.386. The molecule has 3 rings (SSSR count). The van der Waals surface area contributed by atoms with Crippen molar-refractivity contribution in [3.05, 3.63) is 65.5 Å². The number of rotatable bonds is 4. The number of nitrogens with zero attached hydrogens (tertiary/aromatic N) is 1. The molecule has 2 N–H and O–H groups in total. The van der Waals surface area contributed by atoms with E-state index in [9.17, 15) is 22.4 Å². The minimum atomic E-state index is -3.06. The minimum absolute atomic E-state index is 0.0401. The highest BCUT2D eigenvalue weighted by atomic mass is 32.2. The van der Waals surface area contributed by atoms with E-state index in [1.165, 1.54) is 11.0 Å². The number of benzene rings is 2. The predicted molar refractivity (Wildman–Crippen MR) is 103 cm³/mol. The molecule has 2 aromatic rings. The molecule has 9 heteroatoms. The summed E-state index contributed by atoms with van der Waals surface area (Å²) in [5.41, 5.74) is 1.26. The van der Waals surface area contributed by atoms with Gasteiger partial charge in [0.2, 0.25) is 0 Å². The highest BCUT2D eigenvalue weighted by molar-refractivity contribution is 7.91. The van der Waals surface area contributed by atoms with Gasteiger partial charge in [-0.2, -0.15) is 0 Å². The van der Waals surface area contributed by atoms with Crippen molar-refractivity contribution in [3.8, 4) is 0 Å². The van der Waals surface area contributed by atoms with Crippen molar-refractivity contribution in [2.75, 3.05) is 29.9 Å². The summed E-state index contributed by atoms with van der Waals surface area (Å²) in [6, 6.07) is 12.1. The smallest absolute Gasteiger partial charge is 0.321 e. The van der Waals surface area contributed by atoms with Crippen LogP contribution in [0.25, 0.3) is 0 Å². The van der Waals surface area contributed by atoms with Crippen molar-refractivity contribution in [2.45, 2.75) is 6.54 Å². The Morgan fingerprint density at radius 3 is 2.29 bits per heavy atom. The summed E-state index contributed by atoms with van der Waals surface area (Å²) in [7, 11) is -3.06. The van der Waals surface area contributed by atoms with E-state index in [-0.39, 0.29) is 48.9 Å². The summed E-state index contributed by atoms with van der Waals surface area (Å²) in [5.74, 6) is -0.822. The van der Waals surface area contributed by atoms with Crippen LogP contribution in [-0.2, 0) is 16.4 Å². The van der Waals surface area contributed by atoms with E-state index in [0.717, 1.165) is 0 Å². The van der Waals surface area contributed by atoms with E-state index >= 15 is 0 Å². The van der Waals surface area contributed by atoms with Crippen molar-refractivity contribution >= 4 is 27.5 Å². The number of hydrogen-bond acceptors (Lipinski definition) is 4. The van der Waals surface area contributed by atoms with Gasteiger partial charge in [0, 0.05) is 36.4 Å². The van der Waals surface area contributed by atoms with Crippen molar-refractivity contribution in [3.63, 3.8) is 0 Å². The lowest BCUT2D eigenvalue weighted by Crippen LogP contribution is -2.45. The fourth-order valence-corrected chi connectivity index (χ4v) is 3.94. The number of amides is 3. The predicted octanol–water partition coefficient (Wildman–Crippen LogP) is 2.02. The van der Waals surface area contributed by atoms with Crippen LogP contribution in [0.3, 0.4) is 0 Å². The van der Waals surface area contributed by atoms with Crippen LogP contribution < -0.4 is 10.6 Å². The lowest BCUT2D eigenvalue weighted by molar-refractivity contribution is 0.0950. The third kappa shape index (κ3) is 5.07. The molecule has 0 saturated carbocycles. The summed E-state index contributed by atoms with van der Waals surface area (Å²) in [6.07, 6.45) is 0. The van der Waals surface area contributed by atoms with Crippen LogP contribution in [0.4, 0.5) is 14.9 Å². The number of carbonyl (C=O) groups excluding carboxylic acids is 2. The fourth-order valence-electron chi connectivity index (χ4n) is 2.74. The molecule has 2 aromatic carbocycles. The Kier molecular flexibility index (Phi) is 5.93. The first-order valence-electron chi connectivity index (χ1n) is 8.72. The Bertz CT molecular complexity index is 963. The molecule has 1 aliphatic rings. The molecule has 1 saturated heterocycles. The molecule has 0 atom stereocenters. The third-order valence-electron chi connectivity index (χ3n) is 4.43. The van der Waals surface area contributed by atoms with Crippen LogP contribution in [0.1, 0.15) is 15.9 Å². The molecule has 0 unspecified atom stereocenters. The number of halogens is 1. The molecule has 7 nitrogen and oxygen atoms in total. The van der Waals surface area contributed by atoms with Crippen molar-refractivity contribution in [2.24, 2.45) is 0 Å². The molecule has 0 aliphatic carbocycles. The Hall–Kier alpha value is -2.94. The largest absolute Gasteiger partial charge is 0.348 e. The zero-order valence-electron chi connectivity index (χ0n) is 15.0. The highest BCUT2D eigenvalue weighted by Gasteiger charge is 2.25. The number of nitrogens with one attached hydrogen (secondary N) is 2. The van der Waals surface area contributed by atoms with Gasteiger partial charge in [0.25, 0.3) is 5.91 Å². The molecule has 1 heterocycles. The topological polar surface area (TPSA) is 95.6 Å². The molecule has 0 radical (unpaired) electrons. The Labute approximate surface area is 162 Å². The zero-order valence-corrected chi connectivity index (χ0v) is 15.8. The van der Waals surface area contributed by atoms with Crippen LogP contribution in [0.2, 0.25) is 0 Å². The first kappa shape index (κ1) is 19.8. The van der Waals surface area contributed by atoms with E-state index in [1.807, 2.05) is 0 Å². The standard InChI is InChI=1S/C19H20FN3O4S/c20-17-4-2-1-3-15(17)13-21-18(24)14-5-7-16(8-6-14)22-19(25)23-9-11-28(26,27)12-10-23/h1-8H,9-13H2,(H,21,24)(H,22,25). The Morgan fingerprint density at radius 2 is 1.64 bits per heavy atom. The van der Waals surface area contributed by atoms with Crippen LogP contribution in [0.15, 0.2) is 48.5 Å². The lowest BCUT2D eigenvalue weighted by atomic mass is 10.1. The summed E-state index contributed by atoms with van der Waals surface area (Å²) in [4.78, 5) is 25.8. The van der Waals surface area contributed by atoms with E-state index in [4.69, 9.17) is 0 Å². The second kappa shape index (κ2) is 8.39. The Balaban J connectivity index is 1.53. The van der Waals surface area contributed by atoms with Gasteiger partial charge < -0.3 is 15.5 Å². The van der Waals surface area contributed by atoms with Gasteiger partial charge in [0.1, 0.15) is 5.82 Å². The number of sulfone groups is 1. The number of urea groups is 1.